The van der Waals surface area contributed by atoms with Crippen molar-refractivity contribution in [1.82, 2.24) is 9.55 Å². The fourth-order valence-electron chi connectivity index (χ4n) is 1.29. The average Bonchev–Trinajstić information content (AvgIpc) is 2.65. The highest BCUT2D eigenvalue weighted by molar-refractivity contribution is 6.30. The Hall–Kier alpha value is -0.990. The zero-order valence-electron chi connectivity index (χ0n) is 7.32. The molecule has 2 nitrogen and oxygen atoms in total. The van der Waals surface area contributed by atoms with Crippen molar-refractivity contribution >= 4 is 23.2 Å². The van der Waals surface area contributed by atoms with Crippen molar-refractivity contribution in [2.24, 2.45) is 0 Å². The van der Waals surface area contributed by atoms with Gasteiger partial charge in [-0.1, -0.05) is 17.7 Å². The second-order valence-electron chi connectivity index (χ2n) is 2.83. The number of halogens is 2. The van der Waals surface area contributed by atoms with Gasteiger partial charge >= 0.3 is 0 Å². The lowest BCUT2D eigenvalue weighted by atomic mass is 10.3. The highest BCUT2D eigenvalue weighted by atomic mass is 35.5. The van der Waals surface area contributed by atoms with E-state index in [1.165, 1.54) is 0 Å². The molecule has 2 rings (SSSR count). The van der Waals surface area contributed by atoms with Gasteiger partial charge in [-0.15, -0.1) is 11.6 Å². The van der Waals surface area contributed by atoms with E-state index in [0.717, 1.165) is 11.5 Å². The molecule has 0 spiro atoms. The Bertz CT molecular complexity index is 437. The van der Waals surface area contributed by atoms with Gasteiger partial charge in [0.2, 0.25) is 0 Å². The third-order valence-electron chi connectivity index (χ3n) is 1.92. The van der Waals surface area contributed by atoms with E-state index in [-0.39, 0.29) is 0 Å². The fraction of sp³-hybridized carbons (Fsp3) is 0.100. The van der Waals surface area contributed by atoms with Crippen molar-refractivity contribution in [2.75, 3.05) is 0 Å². The molecule has 0 fully saturated rings. The van der Waals surface area contributed by atoms with E-state index in [1.54, 1.807) is 6.20 Å². The number of rotatable bonds is 2. The van der Waals surface area contributed by atoms with Crippen LogP contribution in [-0.4, -0.2) is 9.55 Å². The van der Waals surface area contributed by atoms with Crippen LogP contribution in [-0.2, 0) is 5.88 Å². The molecule has 0 unspecified atom stereocenters. The number of imidazole rings is 1. The largest absolute Gasteiger partial charge is 0.303 e. The molecule has 0 aliphatic rings. The zero-order chi connectivity index (χ0) is 9.97. The van der Waals surface area contributed by atoms with Crippen LogP contribution in [0.4, 0.5) is 0 Å². The van der Waals surface area contributed by atoms with Crippen molar-refractivity contribution in [1.29, 1.82) is 0 Å². The number of alkyl halides is 1. The van der Waals surface area contributed by atoms with Gasteiger partial charge < -0.3 is 4.57 Å². The van der Waals surface area contributed by atoms with Crippen LogP contribution in [0.25, 0.3) is 5.69 Å². The van der Waals surface area contributed by atoms with Crippen LogP contribution in [0.1, 0.15) is 5.82 Å². The van der Waals surface area contributed by atoms with Gasteiger partial charge in [-0.05, 0) is 18.2 Å². The quantitative estimate of drug-likeness (QED) is 0.720. The minimum absolute atomic E-state index is 0.388. The van der Waals surface area contributed by atoms with Gasteiger partial charge in [-0.25, -0.2) is 4.98 Å². The minimum atomic E-state index is 0.388. The maximum atomic E-state index is 5.89. The maximum absolute atomic E-state index is 5.89. The van der Waals surface area contributed by atoms with Crippen molar-refractivity contribution < 1.29 is 0 Å². The minimum Gasteiger partial charge on any atom is -0.303 e. The van der Waals surface area contributed by atoms with Gasteiger partial charge in [0.25, 0.3) is 0 Å². The summed E-state index contributed by atoms with van der Waals surface area (Å²) < 4.78 is 1.92. The molecule has 0 aliphatic carbocycles. The lowest BCUT2D eigenvalue weighted by molar-refractivity contribution is 0.958. The molecule has 0 bridgehead atoms. The van der Waals surface area contributed by atoms with E-state index >= 15 is 0 Å². The van der Waals surface area contributed by atoms with Crippen LogP contribution in [0.2, 0.25) is 5.02 Å². The number of benzene rings is 1. The first kappa shape index (κ1) is 9.56. The molecule has 0 saturated heterocycles. The number of hydrogen-bond acceptors (Lipinski definition) is 1. The van der Waals surface area contributed by atoms with E-state index < -0.39 is 0 Å². The molecule has 0 radical (unpaired) electrons. The van der Waals surface area contributed by atoms with Gasteiger partial charge in [0.15, 0.2) is 0 Å². The summed E-state index contributed by atoms with van der Waals surface area (Å²) in [6.45, 7) is 0. The molecule has 1 heterocycles. The average molecular weight is 227 g/mol. The SMILES string of the molecule is ClCc1nccn1-c1cccc(Cl)c1. The summed E-state index contributed by atoms with van der Waals surface area (Å²) in [6, 6.07) is 7.57. The Morgan fingerprint density at radius 1 is 1.36 bits per heavy atom. The molecule has 0 saturated carbocycles. The van der Waals surface area contributed by atoms with E-state index in [4.69, 9.17) is 23.2 Å². The zero-order valence-corrected chi connectivity index (χ0v) is 8.83. The predicted molar refractivity (Wildman–Crippen MR) is 58.1 cm³/mol. The van der Waals surface area contributed by atoms with Crippen LogP contribution >= 0.6 is 23.2 Å². The second kappa shape index (κ2) is 4.03. The van der Waals surface area contributed by atoms with Gasteiger partial charge in [0.05, 0.1) is 5.88 Å². The van der Waals surface area contributed by atoms with E-state index in [9.17, 15) is 0 Å². The van der Waals surface area contributed by atoms with Crippen LogP contribution in [0.15, 0.2) is 36.7 Å². The molecule has 72 valence electrons. The molecular formula is C10H8Cl2N2. The lowest BCUT2D eigenvalue weighted by Gasteiger charge is -2.05. The van der Waals surface area contributed by atoms with Gasteiger partial charge in [0.1, 0.15) is 5.82 Å². The molecule has 0 aliphatic heterocycles. The Balaban J connectivity index is 2.49. The smallest absolute Gasteiger partial charge is 0.128 e. The third kappa shape index (κ3) is 1.76. The molecule has 4 heteroatoms. The molecule has 0 atom stereocenters. The normalized spacial score (nSPS) is 10.4. The predicted octanol–water partition coefficient (Wildman–Crippen LogP) is 3.26. The maximum Gasteiger partial charge on any atom is 0.128 e. The Kier molecular flexibility index (Phi) is 2.75. The van der Waals surface area contributed by atoms with Crippen molar-refractivity contribution in [3.05, 3.63) is 47.5 Å². The van der Waals surface area contributed by atoms with E-state index in [0.29, 0.717) is 10.9 Å². The highest BCUT2D eigenvalue weighted by Crippen LogP contribution is 2.16. The van der Waals surface area contributed by atoms with E-state index in [1.807, 2.05) is 35.0 Å². The first-order valence-electron chi connectivity index (χ1n) is 4.15. The molecule has 14 heavy (non-hydrogen) atoms. The topological polar surface area (TPSA) is 17.8 Å². The highest BCUT2D eigenvalue weighted by Gasteiger charge is 2.03. The van der Waals surface area contributed by atoms with Crippen LogP contribution in [0, 0.1) is 0 Å². The van der Waals surface area contributed by atoms with Gasteiger partial charge in [-0.3, -0.25) is 0 Å². The molecule has 1 aromatic heterocycles. The second-order valence-corrected chi connectivity index (χ2v) is 3.53. The Morgan fingerprint density at radius 3 is 2.93 bits per heavy atom. The summed E-state index contributed by atoms with van der Waals surface area (Å²) in [5, 5.41) is 0.705. The van der Waals surface area contributed by atoms with Gasteiger partial charge in [-0.2, -0.15) is 0 Å². The summed E-state index contributed by atoms with van der Waals surface area (Å²) >= 11 is 11.6. The van der Waals surface area contributed by atoms with Crippen LogP contribution in [0.5, 0.6) is 0 Å². The van der Waals surface area contributed by atoms with E-state index in [2.05, 4.69) is 4.98 Å². The molecular weight excluding hydrogens is 219 g/mol. The lowest BCUT2D eigenvalue weighted by Crippen LogP contribution is -1.97. The number of nitrogens with zero attached hydrogens (tertiary/aromatic N) is 2. The third-order valence-corrected chi connectivity index (χ3v) is 2.40. The fourth-order valence-corrected chi connectivity index (χ4v) is 1.68. The summed E-state index contributed by atoms with van der Waals surface area (Å²) in [4.78, 5) is 4.13. The Morgan fingerprint density at radius 2 is 2.21 bits per heavy atom. The summed E-state index contributed by atoms with van der Waals surface area (Å²) in [5.74, 6) is 1.20. The summed E-state index contributed by atoms with van der Waals surface area (Å²) in [7, 11) is 0. The number of hydrogen-bond donors (Lipinski definition) is 0. The first-order valence-corrected chi connectivity index (χ1v) is 5.06. The van der Waals surface area contributed by atoms with Gasteiger partial charge in [0, 0.05) is 23.1 Å². The molecule has 0 amide bonds. The van der Waals surface area contributed by atoms with Crippen molar-refractivity contribution in [3.8, 4) is 5.69 Å². The summed E-state index contributed by atoms with van der Waals surface area (Å²) in [5.41, 5.74) is 0.977. The Labute approximate surface area is 92.1 Å². The first-order chi connectivity index (χ1) is 6.81. The molecule has 0 N–H and O–H groups in total. The monoisotopic (exact) mass is 226 g/mol. The molecule has 2 aromatic rings. The van der Waals surface area contributed by atoms with Crippen molar-refractivity contribution in [3.63, 3.8) is 0 Å². The number of aromatic nitrogens is 2. The van der Waals surface area contributed by atoms with Crippen LogP contribution < -0.4 is 0 Å². The standard InChI is InChI=1S/C10H8Cl2N2/c11-7-10-13-4-5-14(10)9-3-1-2-8(12)6-9/h1-6H,7H2. The van der Waals surface area contributed by atoms with Crippen LogP contribution in [0.3, 0.4) is 0 Å². The molecule has 1 aromatic carbocycles. The van der Waals surface area contributed by atoms with Crippen molar-refractivity contribution in [2.45, 2.75) is 5.88 Å². The summed E-state index contributed by atoms with van der Waals surface area (Å²) in [6.07, 6.45) is 3.59.